The first kappa shape index (κ1) is 14.0. The molecule has 0 saturated heterocycles. The van der Waals surface area contributed by atoms with Gasteiger partial charge in [0.15, 0.2) is 0 Å². The highest BCUT2D eigenvalue weighted by atomic mass is 32.1. The highest BCUT2D eigenvalue weighted by Gasteiger charge is 2.37. The maximum absolute atomic E-state index is 12.1. The SMILES string of the molecule is COc1ccsc1C(=O)NC(C)(C)C(C)(C)O. The van der Waals surface area contributed by atoms with Gasteiger partial charge in [0.1, 0.15) is 10.6 Å². The fourth-order valence-corrected chi connectivity index (χ4v) is 1.87. The van der Waals surface area contributed by atoms with Gasteiger partial charge in [0.25, 0.3) is 5.91 Å². The lowest BCUT2D eigenvalue weighted by Gasteiger charge is -2.37. The van der Waals surface area contributed by atoms with Gasteiger partial charge in [0.2, 0.25) is 0 Å². The molecule has 1 aromatic rings. The maximum Gasteiger partial charge on any atom is 0.265 e. The molecule has 0 aliphatic rings. The van der Waals surface area contributed by atoms with E-state index in [4.69, 9.17) is 4.74 Å². The summed E-state index contributed by atoms with van der Waals surface area (Å²) in [5, 5.41) is 14.6. The van der Waals surface area contributed by atoms with Crippen LogP contribution in [0, 0.1) is 0 Å². The molecule has 0 spiro atoms. The van der Waals surface area contributed by atoms with Crippen LogP contribution in [0.2, 0.25) is 0 Å². The van der Waals surface area contributed by atoms with Gasteiger partial charge in [-0.3, -0.25) is 4.79 Å². The van der Waals surface area contributed by atoms with Gasteiger partial charge in [-0.15, -0.1) is 11.3 Å². The summed E-state index contributed by atoms with van der Waals surface area (Å²) >= 11 is 1.31. The Balaban J connectivity index is 2.87. The van der Waals surface area contributed by atoms with Gasteiger partial charge in [0, 0.05) is 0 Å². The first-order valence-electron chi connectivity index (χ1n) is 5.35. The van der Waals surface area contributed by atoms with Crippen LogP contribution in [-0.2, 0) is 0 Å². The molecule has 0 fully saturated rings. The quantitative estimate of drug-likeness (QED) is 0.867. The van der Waals surface area contributed by atoms with E-state index in [0.717, 1.165) is 0 Å². The average Bonchev–Trinajstić information content (AvgIpc) is 2.62. The fourth-order valence-electron chi connectivity index (χ4n) is 1.12. The second-order valence-corrected chi connectivity index (χ2v) is 5.87. The molecule has 0 aliphatic heterocycles. The smallest absolute Gasteiger partial charge is 0.265 e. The Morgan fingerprint density at radius 3 is 2.47 bits per heavy atom. The summed E-state index contributed by atoms with van der Waals surface area (Å²) in [4.78, 5) is 12.6. The Bertz CT molecular complexity index is 404. The Labute approximate surface area is 106 Å². The van der Waals surface area contributed by atoms with Crippen LogP contribution in [-0.4, -0.2) is 29.3 Å². The van der Waals surface area contributed by atoms with Gasteiger partial charge in [-0.2, -0.15) is 0 Å². The third-order valence-corrected chi connectivity index (χ3v) is 3.91. The number of thiophene rings is 1. The zero-order valence-electron chi connectivity index (χ0n) is 10.8. The van der Waals surface area contributed by atoms with E-state index in [0.29, 0.717) is 10.6 Å². The van der Waals surface area contributed by atoms with Crippen LogP contribution < -0.4 is 10.1 Å². The number of amides is 1. The normalized spacial score (nSPS) is 12.4. The number of aliphatic hydroxyl groups is 1. The lowest BCUT2D eigenvalue weighted by Crippen LogP contribution is -2.57. The maximum atomic E-state index is 12.1. The molecule has 4 nitrogen and oxygen atoms in total. The summed E-state index contributed by atoms with van der Waals surface area (Å²) in [5.41, 5.74) is -1.73. The van der Waals surface area contributed by atoms with E-state index in [9.17, 15) is 9.90 Å². The van der Waals surface area contributed by atoms with Crippen LogP contribution >= 0.6 is 11.3 Å². The molecule has 0 unspecified atom stereocenters. The summed E-state index contributed by atoms with van der Waals surface area (Å²) in [6.45, 7) is 6.90. The molecule has 2 N–H and O–H groups in total. The number of hydrogen-bond donors (Lipinski definition) is 2. The number of carbonyl (C=O) groups is 1. The Morgan fingerprint density at radius 2 is 2.00 bits per heavy atom. The zero-order valence-corrected chi connectivity index (χ0v) is 11.6. The van der Waals surface area contributed by atoms with Gasteiger partial charge in [-0.05, 0) is 39.1 Å². The predicted molar refractivity (Wildman–Crippen MR) is 68.7 cm³/mol. The summed E-state index contributed by atoms with van der Waals surface area (Å²) in [6.07, 6.45) is 0. The largest absolute Gasteiger partial charge is 0.495 e. The van der Waals surface area contributed by atoms with Crippen LogP contribution in [0.4, 0.5) is 0 Å². The molecule has 1 rings (SSSR count). The third-order valence-electron chi connectivity index (χ3n) is 3.01. The molecule has 0 radical (unpaired) electrons. The van der Waals surface area contributed by atoms with Gasteiger partial charge >= 0.3 is 0 Å². The van der Waals surface area contributed by atoms with E-state index in [1.165, 1.54) is 18.4 Å². The molecule has 0 saturated carbocycles. The molecule has 5 heteroatoms. The Morgan fingerprint density at radius 1 is 1.41 bits per heavy atom. The molecule has 96 valence electrons. The number of nitrogens with one attached hydrogen (secondary N) is 1. The van der Waals surface area contributed by atoms with E-state index in [1.807, 2.05) is 0 Å². The van der Waals surface area contributed by atoms with Crippen LogP contribution in [0.1, 0.15) is 37.4 Å². The number of ether oxygens (including phenoxy) is 1. The standard InChI is InChI=1S/C12H19NO3S/c1-11(2,12(3,4)15)13-10(14)9-8(16-5)6-7-17-9/h6-7,15H,1-5H3,(H,13,14). The molecular weight excluding hydrogens is 238 g/mol. The minimum Gasteiger partial charge on any atom is -0.495 e. The average molecular weight is 257 g/mol. The van der Waals surface area contributed by atoms with Gasteiger partial charge in [-0.1, -0.05) is 0 Å². The summed E-state index contributed by atoms with van der Waals surface area (Å²) in [5.74, 6) is 0.322. The van der Waals surface area contributed by atoms with Crippen molar-refractivity contribution in [3.05, 3.63) is 16.3 Å². The van der Waals surface area contributed by atoms with Crippen molar-refractivity contribution in [1.29, 1.82) is 0 Å². The highest BCUT2D eigenvalue weighted by Crippen LogP contribution is 2.27. The molecule has 17 heavy (non-hydrogen) atoms. The van der Waals surface area contributed by atoms with Crippen molar-refractivity contribution in [2.24, 2.45) is 0 Å². The topological polar surface area (TPSA) is 58.6 Å². The van der Waals surface area contributed by atoms with Crippen molar-refractivity contribution >= 4 is 17.2 Å². The summed E-state index contributed by atoms with van der Waals surface area (Å²) in [7, 11) is 1.53. The molecule has 1 heterocycles. The first-order valence-corrected chi connectivity index (χ1v) is 6.23. The molecule has 1 aromatic heterocycles. The monoisotopic (exact) mass is 257 g/mol. The van der Waals surface area contributed by atoms with Gasteiger partial charge in [0.05, 0.1) is 18.2 Å². The van der Waals surface area contributed by atoms with E-state index in [1.54, 1.807) is 39.1 Å². The predicted octanol–water partition coefficient (Wildman–Crippen LogP) is 2.04. The van der Waals surface area contributed by atoms with Crippen LogP contribution in [0.3, 0.4) is 0 Å². The number of hydrogen-bond acceptors (Lipinski definition) is 4. The lowest BCUT2D eigenvalue weighted by molar-refractivity contribution is -0.00289. The van der Waals surface area contributed by atoms with E-state index in [-0.39, 0.29) is 5.91 Å². The molecule has 1 amide bonds. The molecule has 0 atom stereocenters. The number of rotatable bonds is 4. The molecule has 0 aliphatic carbocycles. The lowest BCUT2D eigenvalue weighted by atomic mass is 9.86. The Hall–Kier alpha value is -1.07. The van der Waals surface area contributed by atoms with E-state index >= 15 is 0 Å². The summed E-state index contributed by atoms with van der Waals surface area (Å²) in [6, 6.07) is 1.75. The second kappa shape index (κ2) is 4.66. The fraction of sp³-hybridized carbons (Fsp3) is 0.583. The first-order chi connectivity index (χ1) is 7.69. The van der Waals surface area contributed by atoms with Crippen molar-refractivity contribution in [2.45, 2.75) is 38.8 Å². The van der Waals surface area contributed by atoms with Crippen LogP contribution in [0.15, 0.2) is 11.4 Å². The minimum absolute atomic E-state index is 0.232. The number of carbonyl (C=O) groups excluding carboxylic acids is 1. The van der Waals surface area contributed by atoms with E-state index < -0.39 is 11.1 Å². The number of methoxy groups -OCH3 is 1. The molecule has 0 aromatic carbocycles. The van der Waals surface area contributed by atoms with Crippen molar-refractivity contribution < 1.29 is 14.6 Å². The van der Waals surface area contributed by atoms with Crippen molar-refractivity contribution in [3.63, 3.8) is 0 Å². The second-order valence-electron chi connectivity index (χ2n) is 4.96. The van der Waals surface area contributed by atoms with E-state index in [2.05, 4.69) is 5.32 Å². The minimum atomic E-state index is -1.01. The van der Waals surface area contributed by atoms with Crippen LogP contribution in [0.5, 0.6) is 5.75 Å². The summed E-state index contributed by atoms with van der Waals surface area (Å²) < 4.78 is 5.09. The van der Waals surface area contributed by atoms with Gasteiger partial charge in [-0.25, -0.2) is 0 Å². The third kappa shape index (κ3) is 2.98. The molecule has 0 bridgehead atoms. The van der Waals surface area contributed by atoms with Crippen LogP contribution in [0.25, 0.3) is 0 Å². The highest BCUT2D eigenvalue weighted by molar-refractivity contribution is 7.12. The molecular formula is C12H19NO3S. The van der Waals surface area contributed by atoms with Gasteiger partial charge < -0.3 is 15.2 Å². The zero-order chi connectivity index (χ0) is 13.3. The van der Waals surface area contributed by atoms with Crippen molar-refractivity contribution in [2.75, 3.05) is 7.11 Å². The Kier molecular flexibility index (Phi) is 3.84. The van der Waals surface area contributed by atoms with Crippen molar-refractivity contribution in [1.82, 2.24) is 5.32 Å². The van der Waals surface area contributed by atoms with Crippen molar-refractivity contribution in [3.8, 4) is 5.75 Å².